The van der Waals surface area contributed by atoms with Crippen LogP contribution in [-0.2, 0) is 20.8 Å². The van der Waals surface area contributed by atoms with E-state index in [1.54, 1.807) is 0 Å². The molecule has 1 aromatic rings. The lowest BCUT2D eigenvalue weighted by atomic mass is 10.3. The molecule has 2 rings (SSSR count). The molecular weight excluding hydrogens is 298 g/mol. The molecule has 0 spiro atoms. The van der Waals surface area contributed by atoms with Crippen LogP contribution in [0.4, 0.5) is 0 Å². The molecule has 1 aliphatic rings. The number of nitrogens with zero attached hydrogens (tertiary/aromatic N) is 1. The lowest BCUT2D eigenvalue weighted by Gasteiger charge is -2.26. The highest BCUT2D eigenvalue weighted by atomic mass is 35.5. The van der Waals surface area contributed by atoms with E-state index < -0.39 is 20.8 Å². The van der Waals surface area contributed by atoms with Crippen LogP contribution in [0.15, 0.2) is 23.1 Å². The van der Waals surface area contributed by atoms with Crippen LogP contribution in [0.25, 0.3) is 0 Å². The summed E-state index contributed by atoms with van der Waals surface area (Å²) in [6.07, 6.45) is 0. The number of aromatic hydroxyl groups is 1. The van der Waals surface area contributed by atoms with E-state index >= 15 is 0 Å². The molecule has 0 radical (unpaired) electrons. The fourth-order valence-corrected chi connectivity index (χ4v) is 5.06. The molecule has 5 nitrogen and oxygen atoms in total. The van der Waals surface area contributed by atoms with E-state index in [4.69, 9.17) is 11.6 Å². The molecule has 0 atom stereocenters. The first-order chi connectivity index (χ1) is 8.43. The van der Waals surface area contributed by atoms with Crippen LogP contribution in [0.5, 0.6) is 5.75 Å². The lowest BCUT2D eigenvalue weighted by molar-refractivity contribution is 0.425. The van der Waals surface area contributed by atoms with Crippen LogP contribution < -0.4 is 0 Å². The van der Waals surface area contributed by atoms with Gasteiger partial charge >= 0.3 is 0 Å². The van der Waals surface area contributed by atoms with Crippen LogP contribution in [0.1, 0.15) is 0 Å². The Hall–Kier alpha value is -0.630. The van der Waals surface area contributed by atoms with Gasteiger partial charge in [0, 0.05) is 35.4 Å². The predicted octanol–water partition coefficient (Wildman–Crippen LogP) is 0.799. The average molecular weight is 310 g/mol. The second-order valence-electron chi connectivity index (χ2n) is 3.84. The van der Waals surface area contributed by atoms with Gasteiger partial charge in [-0.25, -0.2) is 8.42 Å². The van der Waals surface area contributed by atoms with E-state index in [-0.39, 0.29) is 28.8 Å². The molecule has 1 aromatic carbocycles. The second-order valence-corrected chi connectivity index (χ2v) is 7.82. The molecule has 0 amide bonds. The van der Waals surface area contributed by atoms with Gasteiger partial charge in [0.25, 0.3) is 0 Å². The van der Waals surface area contributed by atoms with Gasteiger partial charge in [-0.3, -0.25) is 4.21 Å². The maximum absolute atomic E-state index is 12.3. The van der Waals surface area contributed by atoms with Crippen molar-refractivity contribution >= 4 is 32.4 Å². The molecule has 18 heavy (non-hydrogen) atoms. The Morgan fingerprint density at radius 1 is 1.28 bits per heavy atom. The van der Waals surface area contributed by atoms with Crippen LogP contribution in [0.2, 0.25) is 5.02 Å². The Labute approximate surface area is 113 Å². The largest absolute Gasteiger partial charge is 0.506 e. The summed E-state index contributed by atoms with van der Waals surface area (Å²) in [5.74, 6) is 0.253. The van der Waals surface area contributed by atoms with Crippen molar-refractivity contribution in [2.24, 2.45) is 0 Å². The fraction of sp³-hybridized carbons (Fsp3) is 0.400. The van der Waals surface area contributed by atoms with Gasteiger partial charge in [-0.15, -0.1) is 0 Å². The van der Waals surface area contributed by atoms with Crippen LogP contribution in [0.3, 0.4) is 0 Å². The van der Waals surface area contributed by atoms with Gasteiger partial charge in [-0.05, 0) is 12.1 Å². The first-order valence-corrected chi connectivity index (χ1v) is 8.56. The molecular formula is C10H12ClNO4S2. The second kappa shape index (κ2) is 5.16. The van der Waals surface area contributed by atoms with Crippen molar-refractivity contribution in [3.05, 3.63) is 23.2 Å². The summed E-state index contributed by atoms with van der Waals surface area (Å²) in [6.45, 7) is 0.360. The zero-order valence-electron chi connectivity index (χ0n) is 9.37. The van der Waals surface area contributed by atoms with E-state index in [2.05, 4.69) is 0 Å². The minimum absolute atomic E-state index is 0.0123. The van der Waals surface area contributed by atoms with Gasteiger partial charge in [0.2, 0.25) is 10.0 Å². The van der Waals surface area contributed by atoms with Crippen LogP contribution in [0, 0.1) is 0 Å². The maximum Gasteiger partial charge on any atom is 0.248 e. The van der Waals surface area contributed by atoms with E-state index in [1.165, 1.54) is 22.5 Å². The van der Waals surface area contributed by atoms with Crippen molar-refractivity contribution in [1.29, 1.82) is 0 Å². The number of phenolic OH excluding ortho intramolecular Hbond substituents is 1. The number of halogens is 1. The molecule has 8 heteroatoms. The average Bonchev–Trinajstić information content (AvgIpc) is 2.29. The Kier molecular flexibility index (Phi) is 3.96. The summed E-state index contributed by atoms with van der Waals surface area (Å²) < 4.78 is 37.1. The molecule has 1 saturated heterocycles. The van der Waals surface area contributed by atoms with E-state index in [9.17, 15) is 17.7 Å². The molecule has 0 saturated carbocycles. The van der Waals surface area contributed by atoms with Crippen molar-refractivity contribution in [3.63, 3.8) is 0 Å². The van der Waals surface area contributed by atoms with Crippen molar-refractivity contribution in [1.82, 2.24) is 4.31 Å². The molecule has 0 unspecified atom stereocenters. The molecule has 0 bridgehead atoms. The highest BCUT2D eigenvalue weighted by Crippen LogP contribution is 2.32. The van der Waals surface area contributed by atoms with E-state index in [0.29, 0.717) is 11.5 Å². The molecule has 1 fully saturated rings. The number of sulfonamides is 1. The Bertz CT molecular complexity index is 557. The Morgan fingerprint density at radius 3 is 2.44 bits per heavy atom. The van der Waals surface area contributed by atoms with Gasteiger partial charge < -0.3 is 5.11 Å². The third-order valence-electron chi connectivity index (χ3n) is 2.68. The first-order valence-electron chi connectivity index (χ1n) is 5.25. The van der Waals surface area contributed by atoms with Crippen LogP contribution in [-0.4, -0.2) is 46.6 Å². The van der Waals surface area contributed by atoms with Crippen molar-refractivity contribution in [2.45, 2.75) is 4.90 Å². The van der Waals surface area contributed by atoms with Gasteiger partial charge in [0.05, 0.1) is 5.02 Å². The molecule has 0 aromatic heterocycles. The third kappa shape index (κ3) is 2.54. The monoisotopic (exact) mass is 309 g/mol. The zero-order valence-corrected chi connectivity index (χ0v) is 11.8. The topological polar surface area (TPSA) is 74.7 Å². The number of hydrogen-bond donors (Lipinski definition) is 1. The zero-order chi connectivity index (χ0) is 13.3. The summed E-state index contributed by atoms with van der Waals surface area (Å²) in [5, 5.41) is 9.65. The van der Waals surface area contributed by atoms with Crippen molar-refractivity contribution < 1.29 is 17.7 Å². The highest BCUT2D eigenvalue weighted by molar-refractivity contribution is 7.89. The molecule has 1 aliphatic heterocycles. The normalized spacial score (nSPS) is 18.9. The van der Waals surface area contributed by atoms with E-state index in [0.717, 1.165) is 0 Å². The Morgan fingerprint density at radius 2 is 1.89 bits per heavy atom. The lowest BCUT2D eigenvalue weighted by Crippen LogP contribution is -2.41. The summed E-state index contributed by atoms with van der Waals surface area (Å²) in [6, 6.07) is 4.17. The number of hydrogen-bond acceptors (Lipinski definition) is 4. The minimum Gasteiger partial charge on any atom is -0.506 e. The van der Waals surface area contributed by atoms with Gasteiger partial charge in [0.1, 0.15) is 10.6 Å². The predicted molar refractivity (Wildman–Crippen MR) is 69.8 cm³/mol. The summed E-state index contributed by atoms with van der Waals surface area (Å²) in [5.41, 5.74) is 0. The van der Waals surface area contributed by atoms with Gasteiger partial charge in [-0.2, -0.15) is 4.31 Å². The number of phenols is 1. The molecule has 1 N–H and O–H groups in total. The van der Waals surface area contributed by atoms with Gasteiger partial charge in [-0.1, -0.05) is 17.7 Å². The van der Waals surface area contributed by atoms with Crippen molar-refractivity contribution in [2.75, 3.05) is 24.6 Å². The molecule has 1 heterocycles. The smallest absolute Gasteiger partial charge is 0.248 e. The third-order valence-corrected chi connectivity index (χ3v) is 6.37. The number of rotatable bonds is 2. The SMILES string of the molecule is O=S1CCN(S(=O)(=O)c2c(O)cccc2Cl)CC1. The van der Waals surface area contributed by atoms with Gasteiger partial charge in [0.15, 0.2) is 0 Å². The first kappa shape index (κ1) is 13.8. The number of benzene rings is 1. The summed E-state index contributed by atoms with van der Waals surface area (Å²) in [4.78, 5) is -0.278. The van der Waals surface area contributed by atoms with Crippen LogP contribution >= 0.6 is 11.6 Å². The van der Waals surface area contributed by atoms with Crippen molar-refractivity contribution in [3.8, 4) is 5.75 Å². The summed E-state index contributed by atoms with van der Waals surface area (Å²) >= 11 is 5.84. The minimum atomic E-state index is -3.83. The maximum atomic E-state index is 12.3. The molecule has 0 aliphatic carbocycles. The van der Waals surface area contributed by atoms with E-state index in [1.807, 2.05) is 0 Å². The molecule has 100 valence electrons. The standard InChI is InChI=1S/C10H12ClNO4S2/c11-8-2-1-3-9(13)10(8)18(15,16)12-4-6-17(14)7-5-12/h1-3,13H,4-7H2. The fourth-order valence-electron chi connectivity index (χ4n) is 1.74. The summed E-state index contributed by atoms with van der Waals surface area (Å²) in [7, 11) is -4.79. The Balaban J connectivity index is 2.40. The highest BCUT2D eigenvalue weighted by Gasteiger charge is 2.31. The quantitative estimate of drug-likeness (QED) is 0.877.